The van der Waals surface area contributed by atoms with Crippen molar-refractivity contribution < 1.29 is 43.6 Å². The minimum absolute atomic E-state index is 0. The van der Waals surface area contributed by atoms with E-state index < -0.39 is 40.3 Å². The van der Waals surface area contributed by atoms with Crippen molar-refractivity contribution in [2.24, 2.45) is 29.1 Å². The van der Waals surface area contributed by atoms with E-state index in [4.69, 9.17) is 23.8 Å². The third kappa shape index (κ3) is 3.76. The monoisotopic (exact) mass is 680 g/mol. The van der Waals surface area contributed by atoms with Crippen LogP contribution in [-0.4, -0.2) is 103 Å². The summed E-state index contributed by atoms with van der Waals surface area (Å²) in [6.45, 7) is 4.62. The van der Waals surface area contributed by atoms with Crippen molar-refractivity contribution in [3.05, 3.63) is 29.8 Å². The minimum Gasteiger partial charge on any atom is -0.454 e. The van der Waals surface area contributed by atoms with Gasteiger partial charge in [-0.05, 0) is 44.4 Å². The van der Waals surface area contributed by atoms with E-state index in [1.165, 1.54) is 6.92 Å². The van der Waals surface area contributed by atoms with Gasteiger partial charge in [0.2, 0.25) is 0 Å². The molecule has 5 saturated carbocycles. The number of piperidine rings is 1. The molecule has 1 aromatic carbocycles. The van der Waals surface area contributed by atoms with Gasteiger partial charge in [-0.1, -0.05) is 19.1 Å². The number of benzene rings is 1. The van der Waals surface area contributed by atoms with Gasteiger partial charge in [0, 0.05) is 76.3 Å². The summed E-state index contributed by atoms with van der Waals surface area (Å²) >= 11 is 0. The molecule has 0 radical (unpaired) electrons. The van der Waals surface area contributed by atoms with Gasteiger partial charge in [0.15, 0.2) is 0 Å². The second-order valence-corrected chi connectivity index (χ2v) is 13.7. The first-order valence-corrected chi connectivity index (χ1v) is 15.6. The molecule has 11 nitrogen and oxygen atoms in total. The number of carbonyl (C=O) groups is 2. The van der Waals surface area contributed by atoms with Crippen molar-refractivity contribution in [2.45, 2.75) is 87.1 Å². The van der Waals surface area contributed by atoms with Gasteiger partial charge in [0.25, 0.3) is 0 Å². The lowest BCUT2D eigenvalue weighted by Crippen LogP contribution is -2.83. The van der Waals surface area contributed by atoms with Crippen molar-refractivity contribution >= 4 is 34.6 Å². The fourth-order valence-electron chi connectivity index (χ4n) is 11.5. The van der Waals surface area contributed by atoms with Gasteiger partial charge in [0.1, 0.15) is 16.8 Å². The largest absolute Gasteiger partial charge is 0.454 e. The van der Waals surface area contributed by atoms with Crippen LogP contribution in [0.15, 0.2) is 24.3 Å². The van der Waals surface area contributed by atoms with Gasteiger partial charge in [-0.25, -0.2) is 10.3 Å². The van der Waals surface area contributed by atoms with Crippen molar-refractivity contribution in [3.63, 3.8) is 0 Å². The first kappa shape index (κ1) is 32.2. The molecule has 44 heavy (non-hydrogen) atoms. The Morgan fingerprint density at radius 1 is 1.07 bits per heavy atom. The van der Waals surface area contributed by atoms with Crippen molar-refractivity contribution in [3.8, 4) is 0 Å². The molecular weight excluding hydrogens is 636 g/mol. The highest BCUT2D eigenvalue weighted by Gasteiger charge is 2.89. The van der Waals surface area contributed by atoms with Crippen molar-refractivity contribution in [1.82, 2.24) is 4.90 Å². The van der Waals surface area contributed by atoms with Crippen LogP contribution in [0.5, 0.6) is 0 Å². The summed E-state index contributed by atoms with van der Waals surface area (Å²) in [6, 6.07) is 6.76. The number of fused-ring (bicyclic) bond motifs is 2. The summed E-state index contributed by atoms with van der Waals surface area (Å²) in [7, 11) is 5.04. The van der Waals surface area contributed by atoms with E-state index in [0.29, 0.717) is 50.9 Å². The molecule has 1 spiro atoms. The van der Waals surface area contributed by atoms with Crippen molar-refractivity contribution in [1.29, 1.82) is 0 Å². The molecule has 1 aromatic rings. The standard InChI is InChI=1S/C32H44N2O9.BrH/c1-6-34-16-29(42-28(36)18-9-7-8-10-21(18)33-43-17(2)35)12-11-25(40-4)31-23(29)14-20(26(31)34)30(37)15-22(39-3)19-13-24(31)32(30,38)27(19)41-5;/h7-10,19-20,22-27,33,37-38H,6,11-16H2,1-5H3;1H/t19-,20?,22+,23?,24?,25+,26-,27+,29?,30+,31+,32+;/m1./s1. The zero-order valence-corrected chi connectivity index (χ0v) is 27.7. The molecule has 7 bridgehead atoms. The van der Waals surface area contributed by atoms with Crippen LogP contribution in [0.1, 0.15) is 56.3 Å². The highest BCUT2D eigenvalue weighted by molar-refractivity contribution is 8.93. The Bertz CT molecular complexity index is 1320. The van der Waals surface area contributed by atoms with Crippen molar-refractivity contribution in [2.75, 3.05) is 39.9 Å². The summed E-state index contributed by atoms with van der Waals surface area (Å²) in [5.74, 6) is -1.89. The molecule has 244 valence electrons. The highest BCUT2D eigenvalue weighted by atomic mass is 79.9. The molecule has 1 saturated heterocycles. The summed E-state index contributed by atoms with van der Waals surface area (Å²) in [6.07, 6.45) is 1.81. The van der Waals surface area contributed by atoms with E-state index in [1.807, 2.05) is 0 Å². The molecule has 5 aliphatic carbocycles. The Morgan fingerprint density at radius 3 is 2.48 bits per heavy atom. The first-order chi connectivity index (χ1) is 20.6. The van der Waals surface area contributed by atoms with E-state index in [1.54, 1.807) is 45.6 Å². The third-order valence-corrected chi connectivity index (χ3v) is 12.6. The van der Waals surface area contributed by atoms with E-state index in [9.17, 15) is 19.8 Å². The third-order valence-electron chi connectivity index (χ3n) is 12.6. The number of methoxy groups -OCH3 is 3. The Morgan fingerprint density at radius 2 is 1.82 bits per heavy atom. The maximum atomic E-state index is 14.1. The molecule has 1 heterocycles. The van der Waals surface area contributed by atoms with Crippen LogP contribution in [0.4, 0.5) is 5.69 Å². The number of aliphatic hydroxyl groups is 2. The maximum absolute atomic E-state index is 14.1. The van der Waals surface area contributed by atoms with Gasteiger partial charge >= 0.3 is 11.9 Å². The number of likely N-dealkylation sites (tertiary alicyclic amines) is 1. The number of hydrogen-bond donors (Lipinski definition) is 3. The number of ether oxygens (including phenoxy) is 4. The minimum atomic E-state index is -1.49. The molecular formula is C32H45BrN2O9. The van der Waals surface area contributed by atoms with Gasteiger partial charge in [-0.3, -0.25) is 9.69 Å². The number of nitrogens with zero attached hydrogens (tertiary/aromatic N) is 1. The van der Waals surface area contributed by atoms with Crippen LogP contribution in [-0.2, 0) is 28.6 Å². The molecule has 0 aromatic heterocycles. The fourth-order valence-corrected chi connectivity index (χ4v) is 11.5. The summed E-state index contributed by atoms with van der Waals surface area (Å²) < 4.78 is 25.0. The first-order valence-electron chi connectivity index (χ1n) is 15.6. The van der Waals surface area contributed by atoms with Gasteiger partial charge in [-0.2, -0.15) is 0 Å². The predicted octanol–water partition coefficient (Wildman–Crippen LogP) is 2.73. The molecule has 12 atom stereocenters. The highest BCUT2D eigenvalue weighted by Crippen LogP contribution is 2.79. The number of carbonyl (C=O) groups excluding carboxylic acids is 2. The molecule has 6 aliphatic rings. The number of halogens is 1. The van der Waals surface area contributed by atoms with E-state index in [0.717, 1.165) is 0 Å². The zero-order chi connectivity index (χ0) is 30.5. The van der Waals surface area contributed by atoms with Gasteiger partial charge in [-0.15, -0.1) is 17.0 Å². The van der Waals surface area contributed by atoms with Crippen LogP contribution >= 0.6 is 17.0 Å². The molecule has 1 aliphatic heterocycles. The van der Waals surface area contributed by atoms with Crippen LogP contribution in [0, 0.1) is 29.1 Å². The van der Waals surface area contributed by atoms with E-state index >= 15 is 0 Å². The number of anilines is 1. The summed E-state index contributed by atoms with van der Waals surface area (Å²) in [4.78, 5) is 32.9. The van der Waals surface area contributed by atoms with Crippen LogP contribution < -0.4 is 5.48 Å². The van der Waals surface area contributed by atoms with E-state index in [-0.39, 0.29) is 64.5 Å². The lowest BCUT2D eigenvalue weighted by molar-refractivity contribution is -0.337. The summed E-state index contributed by atoms with van der Waals surface area (Å²) in [5.41, 5.74) is -1.16. The second kappa shape index (κ2) is 10.9. The number of para-hydroxylation sites is 1. The average Bonchev–Trinajstić information content (AvgIpc) is 3.42. The van der Waals surface area contributed by atoms with Gasteiger partial charge in [0.05, 0.1) is 29.6 Å². The zero-order valence-electron chi connectivity index (χ0n) is 26.0. The van der Waals surface area contributed by atoms with Crippen LogP contribution in [0.25, 0.3) is 0 Å². The molecule has 6 fully saturated rings. The second-order valence-electron chi connectivity index (χ2n) is 13.7. The fraction of sp³-hybridized carbons (Fsp3) is 0.750. The lowest BCUT2D eigenvalue weighted by Gasteiger charge is -2.70. The Kier molecular flexibility index (Phi) is 7.96. The molecule has 4 unspecified atom stereocenters. The lowest BCUT2D eigenvalue weighted by atomic mass is 9.44. The molecule has 7 rings (SSSR count). The normalized spacial score (nSPS) is 46.2. The number of nitrogens with one attached hydrogen (secondary N) is 1. The Labute approximate surface area is 268 Å². The van der Waals surface area contributed by atoms with Crippen LogP contribution in [0.2, 0.25) is 0 Å². The van der Waals surface area contributed by atoms with Gasteiger partial charge < -0.3 is 34.0 Å². The molecule has 3 N–H and O–H groups in total. The van der Waals surface area contributed by atoms with E-state index in [2.05, 4.69) is 17.3 Å². The number of esters is 1. The maximum Gasteiger partial charge on any atom is 0.340 e. The number of rotatable bonds is 8. The number of likely N-dealkylation sites (N-methyl/N-ethyl adjacent to an activating group) is 1. The topological polar surface area (TPSA) is 136 Å². The summed E-state index contributed by atoms with van der Waals surface area (Å²) in [5, 5.41) is 25.7. The number of hydrogen-bond acceptors (Lipinski definition) is 11. The predicted molar refractivity (Wildman–Crippen MR) is 163 cm³/mol. The molecule has 0 amide bonds. The Balaban J connectivity index is 0.00000343. The quantitative estimate of drug-likeness (QED) is 0.276. The molecule has 12 heteroatoms. The average molecular weight is 682 g/mol. The van der Waals surface area contributed by atoms with Crippen LogP contribution in [0.3, 0.4) is 0 Å². The SMILES string of the molecule is Br.CCN1CC2(OC(=O)c3ccccc3NOC(C)=O)CC[C@H](OC)[C@@]34C2CC([C@@H]13)[C@@]1(O)C[C@H](OC)[C@H]2CC4[C@]1(O)[C@H]2OC. The Hall–Kier alpha value is -1.80. The smallest absolute Gasteiger partial charge is 0.340 e.